The number of fused-ring (bicyclic) bond motifs is 9. The van der Waals surface area contributed by atoms with Crippen LogP contribution in [0.2, 0.25) is 0 Å². The third-order valence-corrected chi connectivity index (χ3v) is 14.7. The molecule has 0 radical (unpaired) electrons. The van der Waals surface area contributed by atoms with Gasteiger partial charge in [-0.25, -0.2) is 4.98 Å². The molecule has 6 heteroatoms. The van der Waals surface area contributed by atoms with Gasteiger partial charge in [-0.2, -0.15) is 9.97 Å². The van der Waals surface area contributed by atoms with E-state index < -0.39 is 0 Å². The normalized spacial score (nSPS) is 11.8. The van der Waals surface area contributed by atoms with Gasteiger partial charge in [0.05, 0.1) is 44.5 Å². The molecule has 0 bridgehead atoms. The monoisotopic (exact) mass is 936 g/mol. The number of hydrogen-bond donors (Lipinski definition) is 0. The van der Waals surface area contributed by atoms with Crippen molar-refractivity contribution in [1.29, 1.82) is 0 Å². The van der Waals surface area contributed by atoms with E-state index in [-0.39, 0.29) is 0 Å². The molecule has 0 unspecified atom stereocenters. The molecule has 0 aliphatic carbocycles. The van der Waals surface area contributed by atoms with Crippen LogP contribution in [0.4, 0.5) is 0 Å². The second kappa shape index (κ2) is 16.6. The molecular formula is C67H48N6. The maximum atomic E-state index is 5.62. The molecule has 4 heterocycles. The van der Waals surface area contributed by atoms with E-state index in [0.717, 1.165) is 88.6 Å². The van der Waals surface area contributed by atoms with E-state index in [2.05, 4.69) is 260 Å². The first-order valence-corrected chi connectivity index (χ1v) is 25.0. The van der Waals surface area contributed by atoms with Crippen LogP contribution >= 0.6 is 0 Å². The van der Waals surface area contributed by atoms with Crippen molar-refractivity contribution < 1.29 is 0 Å². The summed E-state index contributed by atoms with van der Waals surface area (Å²) in [6, 6.07) is 78.9. The van der Waals surface area contributed by atoms with Crippen molar-refractivity contribution in [2.75, 3.05) is 0 Å². The van der Waals surface area contributed by atoms with Crippen molar-refractivity contribution in [1.82, 2.24) is 28.7 Å². The van der Waals surface area contributed by atoms with Crippen LogP contribution in [0.3, 0.4) is 0 Å². The molecule has 14 rings (SSSR count). The standard InChI is InChI=1S/C67H48N6/c1-41-23-29-59-51(35-41)52-36-42(2)24-30-60(52)71(59)57-21-13-11-19-49(57)65-68-66(50-20-12-14-22-58(50)72-61-31-25-43(3)37-53(61)54-38-44(4)26-32-62(54)72)70-67(69-65)73-63-33-27-47(45-15-7-5-8-16-45)39-55(63)56-40-48(28-34-64(56)73)46-17-9-6-10-18-46/h5-40H,1-4H3. The SMILES string of the molecule is Cc1ccc2c(c1)c1cc(C)ccc1n2-c1ccccc1-c1nc(-c2ccccc2-n2c3ccc(C)cc3c3cc(C)ccc32)nc(-n2c3ccc(-c4ccccc4)cc3c3cc(-c4ccccc4)ccc32)n1. The van der Waals surface area contributed by atoms with Gasteiger partial charge in [0.2, 0.25) is 5.95 Å². The van der Waals surface area contributed by atoms with E-state index in [9.17, 15) is 0 Å². The Labute approximate surface area is 422 Å². The minimum atomic E-state index is 0.534. The predicted octanol–water partition coefficient (Wildman–Crippen LogP) is 17.1. The van der Waals surface area contributed by atoms with Crippen molar-refractivity contribution in [3.8, 4) is 62.4 Å². The summed E-state index contributed by atoms with van der Waals surface area (Å²) < 4.78 is 7.01. The lowest BCUT2D eigenvalue weighted by Crippen LogP contribution is -2.09. The lowest BCUT2D eigenvalue weighted by atomic mass is 10.0. The van der Waals surface area contributed by atoms with Crippen LogP contribution < -0.4 is 0 Å². The number of aryl methyl sites for hydroxylation is 4. The minimum absolute atomic E-state index is 0.534. The molecule has 0 aliphatic rings. The Morgan fingerprint density at radius 2 is 0.575 bits per heavy atom. The van der Waals surface area contributed by atoms with Crippen molar-refractivity contribution in [3.05, 3.63) is 241 Å². The summed E-state index contributed by atoms with van der Waals surface area (Å²) in [5, 5.41) is 7.09. The van der Waals surface area contributed by atoms with Crippen LogP contribution in [0.15, 0.2) is 218 Å². The van der Waals surface area contributed by atoms with E-state index in [1.165, 1.54) is 43.8 Å². The highest BCUT2D eigenvalue weighted by molar-refractivity contribution is 6.13. The lowest BCUT2D eigenvalue weighted by Gasteiger charge is -2.17. The van der Waals surface area contributed by atoms with E-state index >= 15 is 0 Å². The number of para-hydroxylation sites is 2. The van der Waals surface area contributed by atoms with Crippen molar-refractivity contribution in [2.45, 2.75) is 27.7 Å². The molecule has 73 heavy (non-hydrogen) atoms. The highest BCUT2D eigenvalue weighted by atomic mass is 15.2. The topological polar surface area (TPSA) is 53.5 Å². The zero-order valence-corrected chi connectivity index (χ0v) is 41.0. The summed E-state index contributed by atoms with van der Waals surface area (Å²) in [5.74, 6) is 1.68. The van der Waals surface area contributed by atoms with Crippen molar-refractivity contribution in [2.24, 2.45) is 0 Å². The van der Waals surface area contributed by atoms with E-state index in [4.69, 9.17) is 15.0 Å². The Hall–Kier alpha value is -9.39. The Bertz CT molecular complexity index is 4130. The molecule has 0 atom stereocenters. The first kappa shape index (κ1) is 42.5. The molecule has 346 valence electrons. The van der Waals surface area contributed by atoms with Gasteiger partial charge in [-0.05, 0) is 147 Å². The Morgan fingerprint density at radius 3 is 0.959 bits per heavy atom. The average Bonchev–Trinajstić information content (AvgIpc) is 4.05. The maximum Gasteiger partial charge on any atom is 0.238 e. The molecular weight excluding hydrogens is 889 g/mol. The van der Waals surface area contributed by atoms with E-state index in [1.54, 1.807) is 0 Å². The van der Waals surface area contributed by atoms with Crippen LogP contribution in [0, 0.1) is 27.7 Å². The molecule has 0 fully saturated rings. The van der Waals surface area contributed by atoms with Gasteiger partial charge in [0, 0.05) is 43.4 Å². The quantitative estimate of drug-likeness (QED) is 0.160. The molecule has 0 saturated heterocycles. The van der Waals surface area contributed by atoms with Gasteiger partial charge in [-0.15, -0.1) is 0 Å². The van der Waals surface area contributed by atoms with Crippen molar-refractivity contribution >= 4 is 65.4 Å². The van der Waals surface area contributed by atoms with Crippen LogP contribution in [0.25, 0.3) is 128 Å². The fourth-order valence-corrected chi connectivity index (χ4v) is 11.3. The summed E-state index contributed by atoms with van der Waals surface area (Å²) in [7, 11) is 0. The molecule has 14 aromatic rings. The summed E-state index contributed by atoms with van der Waals surface area (Å²) in [6.07, 6.45) is 0. The highest BCUT2D eigenvalue weighted by Crippen LogP contribution is 2.42. The summed E-state index contributed by atoms with van der Waals surface area (Å²) in [6.45, 7) is 8.66. The molecule has 0 saturated carbocycles. The van der Waals surface area contributed by atoms with Gasteiger partial charge in [0.1, 0.15) is 0 Å². The number of benzene rings is 10. The number of aromatic nitrogens is 6. The van der Waals surface area contributed by atoms with Gasteiger partial charge in [0.15, 0.2) is 11.6 Å². The maximum absolute atomic E-state index is 5.62. The molecule has 0 spiro atoms. The molecule has 0 amide bonds. The largest absolute Gasteiger partial charge is 0.309 e. The Balaban J connectivity index is 1.08. The van der Waals surface area contributed by atoms with Crippen LogP contribution in [0.5, 0.6) is 0 Å². The molecule has 10 aromatic carbocycles. The van der Waals surface area contributed by atoms with E-state index in [0.29, 0.717) is 17.6 Å². The van der Waals surface area contributed by atoms with Crippen LogP contribution in [0.1, 0.15) is 22.3 Å². The Kier molecular flexibility index (Phi) is 9.67. The lowest BCUT2D eigenvalue weighted by molar-refractivity contribution is 0.950. The second-order valence-electron chi connectivity index (χ2n) is 19.6. The van der Waals surface area contributed by atoms with Gasteiger partial charge in [0.25, 0.3) is 0 Å². The molecule has 0 N–H and O–H groups in total. The van der Waals surface area contributed by atoms with Crippen molar-refractivity contribution in [3.63, 3.8) is 0 Å². The highest BCUT2D eigenvalue weighted by Gasteiger charge is 2.24. The first-order valence-electron chi connectivity index (χ1n) is 25.0. The first-order chi connectivity index (χ1) is 35.8. The van der Waals surface area contributed by atoms with Crippen LogP contribution in [-0.4, -0.2) is 28.7 Å². The zero-order chi connectivity index (χ0) is 48.9. The fourth-order valence-electron chi connectivity index (χ4n) is 11.3. The predicted molar refractivity (Wildman–Crippen MR) is 304 cm³/mol. The zero-order valence-electron chi connectivity index (χ0n) is 41.0. The van der Waals surface area contributed by atoms with Crippen LogP contribution in [-0.2, 0) is 0 Å². The smallest absolute Gasteiger partial charge is 0.238 e. The number of rotatable bonds is 7. The molecule has 4 aromatic heterocycles. The summed E-state index contributed by atoms with van der Waals surface area (Å²) >= 11 is 0. The fraction of sp³-hybridized carbons (Fsp3) is 0.0597. The van der Waals surface area contributed by atoms with Gasteiger partial charge >= 0.3 is 0 Å². The van der Waals surface area contributed by atoms with Gasteiger partial charge < -0.3 is 9.13 Å². The van der Waals surface area contributed by atoms with Gasteiger partial charge in [-0.1, -0.05) is 144 Å². The third-order valence-electron chi connectivity index (χ3n) is 14.7. The third kappa shape index (κ3) is 6.90. The van der Waals surface area contributed by atoms with E-state index in [1.807, 2.05) is 0 Å². The summed E-state index contributed by atoms with van der Waals surface area (Å²) in [4.78, 5) is 16.9. The van der Waals surface area contributed by atoms with Gasteiger partial charge in [-0.3, -0.25) is 4.57 Å². The second-order valence-corrected chi connectivity index (χ2v) is 19.6. The average molecular weight is 937 g/mol. The summed E-state index contributed by atoms with van der Waals surface area (Å²) in [5.41, 5.74) is 19.8. The number of nitrogens with zero attached hydrogens (tertiary/aromatic N) is 6. The number of hydrogen-bond acceptors (Lipinski definition) is 3. The molecule has 0 aliphatic heterocycles. The Morgan fingerprint density at radius 1 is 0.260 bits per heavy atom. The minimum Gasteiger partial charge on any atom is -0.309 e. The molecule has 6 nitrogen and oxygen atoms in total.